The second kappa shape index (κ2) is 2.79. The van der Waals surface area contributed by atoms with E-state index in [1.54, 1.807) is 0 Å². The molecule has 12 heavy (non-hydrogen) atoms. The predicted molar refractivity (Wildman–Crippen MR) is 40.4 cm³/mol. The van der Waals surface area contributed by atoms with E-state index in [1.165, 1.54) is 0 Å². The highest BCUT2D eigenvalue weighted by Crippen LogP contribution is 2.34. The molecule has 0 aliphatic carbocycles. The lowest BCUT2D eigenvalue weighted by Gasteiger charge is -2.11. The number of allylic oxidation sites excluding steroid dienone is 1. The molecule has 0 radical (unpaired) electrons. The maximum absolute atomic E-state index is 11.0. The van der Waals surface area contributed by atoms with Gasteiger partial charge >= 0.3 is 11.9 Å². The van der Waals surface area contributed by atoms with E-state index in [0.717, 1.165) is 7.11 Å². The van der Waals surface area contributed by atoms with Gasteiger partial charge in [-0.3, -0.25) is 0 Å². The average molecular weight is 191 g/mol. The van der Waals surface area contributed by atoms with Crippen LogP contribution in [0.15, 0.2) is 12.3 Å². The van der Waals surface area contributed by atoms with Crippen molar-refractivity contribution in [3.05, 3.63) is 12.3 Å². The third kappa shape index (κ3) is 1.18. The number of carbonyl (C=O) groups is 2. The van der Waals surface area contributed by atoms with Crippen molar-refractivity contribution in [2.45, 2.75) is 11.3 Å². The fraction of sp³-hybridized carbons (Fsp3) is 0.429. The molecule has 0 aromatic rings. The molecule has 0 aromatic carbocycles. The van der Waals surface area contributed by atoms with Crippen LogP contribution in [0.2, 0.25) is 0 Å². The molecule has 1 saturated heterocycles. The molecule has 0 saturated carbocycles. The van der Waals surface area contributed by atoms with Crippen LogP contribution in [0.5, 0.6) is 0 Å². The fourth-order valence-corrected chi connectivity index (χ4v) is 1.17. The maximum Gasteiger partial charge on any atom is 0.344 e. The normalized spacial score (nSPS) is 28.5. The van der Waals surface area contributed by atoms with Crippen LogP contribution in [0, 0.1) is 0 Å². The molecule has 0 amide bonds. The van der Waals surface area contributed by atoms with E-state index in [4.69, 9.17) is 11.6 Å². The smallest absolute Gasteiger partial charge is 0.344 e. The van der Waals surface area contributed by atoms with E-state index in [9.17, 15) is 9.59 Å². The van der Waals surface area contributed by atoms with Crippen molar-refractivity contribution in [2.24, 2.45) is 0 Å². The number of methoxy groups -OCH3 is 1. The Hall–Kier alpha value is -1.03. The minimum absolute atomic E-state index is 0.0277. The number of ether oxygens (including phenoxy) is 2. The number of halogens is 1. The Kier molecular flexibility index (Phi) is 2.10. The number of hydrogen-bond donors (Lipinski definition) is 0. The Labute approximate surface area is 74.1 Å². The molecule has 1 unspecified atom stereocenters. The van der Waals surface area contributed by atoms with Gasteiger partial charge in [0.15, 0.2) is 0 Å². The molecule has 0 bridgehead atoms. The Morgan fingerprint density at radius 1 is 1.83 bits per heavy atom. The predicted octanol–water partition coefficient (Wildman–Crippen LogP) is 0.598. The molecule has 4 nitrogen and oxygen atoms in total. The molecule has 1 aliphatic heterocycles. The summed E-state index contributed by atoms with van der Waals surface area (Å²) in [6.45, 7) is 3.38. The largest absolute Gasteiger partial charge is 0.467 e. The van der Waals surface area contributed by atoms with Gasteiger partial charge in [-0.05, 0) is 0 Å². The van der Waals surface area contributed by atoms with Gasteiger partial charge in [-0.2, -0.15) is 0 Å². The second-order valence-corrected chi connectivity index (χ2v) is 3.04. The first-order valence-electron chi connectivity index (χ1n) is 3.18. The summed E-state index contributed by atoms with van der Waals surface area (Å²) in [5.74, 6) is -1.45. The Morgan fingerprint density at radius 2 is 2.42 bits per heavy atom. The molecule has 1 fully saturated rings. The van der Waals surface area contributed by atoms with Crippen molar-refractivity contribution in [3.63, 3.8) is 0 Å². The van der Waals surface area contributed by atoms with E-state index in [1.807, 2.05) is 0 Å². The standard InChI is InChI=1S/C7H7ClO4/c1-4-3-7(8,5(9)11-2)6(10)12-4/h1,3H2,2H3. The van der Waals surface area contributed by atoms with Gasteiger partial charge in [-0.15, -0.1) is 0 Å². The lowest BCUT2D eigenvalue weighted by Crippen LogP contribution is -2.38. The molecule has 1 aliphatic rings. The van der Waals surface area contributed by atoms with E-state index < -0.39 is 16.8 Å². The summed E-state index contributed by atoms with van der Waals surface area (Å²) in [7, 11) is 1.15. The van der Waals surface area contributed by atoms with E-state index in [-0.39, 0.29) is 12.2 Å². The number of carbonyl (C=O) groups excluding carboxylic acids is 2. The molecular formula is C7H7ClO4. The summed E-state index contributed by atoms with van der Waals surface area (Å²) in [5, 5.41) is 0. The van der Waals surface area contributed by atoms with Gasteiger partial charge in [-0.25, -0.2) is 9.59 Å². The molecule has 5 heteroatoms. The highest BCUT2D eigenvalue weighted by Gasteiger charge is 2.52. The van der Waals surface area contributed by atoms with Crippen molar-refractivity contribution in [2.75, 3.05) is 7.11 Å². The minimum atomic E-state index is -1.72. The first kappa shape index (κ1) is 9.06. The Morgan fingerprint density at radius 3 is 2.75 bits per heavy atom. The lowest BCUT2D eigenvalue weighted by atomic mass is 10.1. The van der Waals surface area contributed by atoms with E-state index in [2.05, 4.69) is 16.1 Å². The quantitative estimate of drug-likeness (QED) is 0.345. The van der Waals surface area contributed by atoms with Crippen LogP contribution >= 0.6 is 11.6 Å². The lowest BCUT2D eigenvalue weighted by molar-refractivity contribution is -0.151. The molecule has 1 rings (SSSR count). The second-order valence-electron chi connectivity index (χ2n) is 2.40. The number of hydrogen-bond acceptors (Lipinski definition) is 4. The first-order chi connectivity index (χ1) is 5.50. The summed E-state index contributed by atoms with van der Waals surface area (Å²) >= 11 is 5.66. The summed E-state index contributed by atoms with van der Waals surface area (Å²) in [6.07, 6.45) is -0.0277. The van der Waals surface area contributed by atoms with Crippen LogP contribution in [-0.2, 0) is 19.1 Å². The zero-order valence-electron chi connectivity index (χ0n) is 6.43. The third-order valence-corrected chi connectivity index (χ3v) is 1.95. The first-order valence-corrected chi connectivity index (χ1v) is 3.56. The van der Waals surface area contributed by atoms with Gasteiger partial charge in [0.05, 0.1) is 7.11 Å². The number of rotatable bonds is 1. The van der Waals surface area contributed by atoms with Gasteiger partial charge in [0.2, 0.25) is 4.87 Å². The molecule has 1 atom stereocenters. The maximum atomic E-state index is 11.0. The van der Waals surface area contributed by atoms with Crippen LogP contribution in [0.1, 0.15) is 6.42 Å². The van der Waals surface area contributed by atoms with Crippen molar-refractivity contribution in [1.29, 1.82) is 0 Å². The molecular weight excluding hydrogens is 184 g/mol. The number of cyclic esters (lactones) is 1. The molecule has 0 N–H and O–H groups in total. The third-order valence-electron chi connectivity index (χ3n) is 1.51. The average Bonchev–Trinajstić information content (AvgIpc) is 2.26. The van der Waals surface area contributed by atoms with Crippen LogP contribution in [0.25, 0.3) is 0 Å². The Bertz CT molecular complexity index is 260. The monoisotopic (exact) mass is 190 g/mol. The van der Waals surface area contributed by atoms with Crippen molar-refractivity contribution in [1.82, 2.24) is 0 Å². The van der Waals surface area contributed by atoms with Gasteiger partial charge in [0, 0.05) is 6.42 Å². The highest BCUT2D eigenvalue weighted by molar-refractivity contribution is 6.45. The topological polar surface area (TPSA) is 52.6 Å². The van der Waals surface area contributed by atoms with Gasteiger partial charge in [0.25, 0.3) is 0 Å². The SMILES string of the molecule is C=C1CC(Cl)(C(=O)OC)C(=O)O1. The summed E-state index contributed by atoms with van der Waals surface area (Å²) < 4.78 is 8.88. The van der Waals surface area contributed by atoms with E-state index in [0.29, 0.717) is 0 Å². The molecule has 1 heterocycles. The van der Waals surface area contributed by atoms with Crippen molar-refractivity contribution >= 4 is 23.5 Å². The van der Waals surface area contributed by atoms with Crippen molar-refractivity contribution in [3.8, 4) is 0 Å². The zero-order valence-corrected chi connectivity index (χ0v) is 7.18. The zero-order chi connectivity index (χ0) is 9.35. The van der Waals surface area contributed by atoms with Crippen LogP contribution in [0.3, 0.4) is 0 Å². The number of alkyl halides is 1. The van der Waals surface area contributed by atoms with Gasteiger partial charge in [0.1, 0.15) is 5.76 Å². The fourth-order valence-electron chi connectivity index (χ4n) is 0.909. The van der Waals surface area contributed by atoms with Gasteiger partial charge < -0.3 is 9.47 Å². The Balaban J connectivity index is 2.92. The van der Waals surface area contributed by atoms with Crippen LogP contribution < -0.4 is 0 Å². The van der Waals surface area contributed by atoms with E-state index >= 15 is 0 Å². The summed E-state index contributed by atoms with van der Waals surface area (Å²) in [6, 6.07) is 0. The number of esters is 2. The molecule has 0 aromatic heterocycles. The summed E-state index contributed by atoms with van der Waals surface area (Å²) in [4.78, 5) is 20.3. The van der Waals surface area contributed by atoms with Crippen molar-refractivity contribution < 1.29 is 19.1 Å². The van der Waals surface area contributed by atoms with Crippen LogP contribution in [-0.4, -0.2) is 23.9 Å². The highest BCUT2D eigenvalue weighted by atomic mass is 35.5. The van der Waals surface area contributed by atoms with Gasteiger partial charge in [-0.1, -0.05) is 18.2 Å². The van der Waals surface area contributed by atoms with Crippen LogP contribution in [0.4, 0.5) is 0 Å². The minimum Gasteiger partial charge on any atom is -0.467 e. The molecule has 0 spiro atoms. The summed E-state index contributed by atoms with van der Waals surface area (Å²) in [5.41, 5.74) is 0. The molecule has 66 valence electrons.